The zero-order valence-electron chi connectivity index (χ0n) is 7.35. The smallest absolute Gasteiger partial charge is 0.294 e. The van der Waals surface area contributed by atoms with E-state index in [1.165, 1.54) is 6.07 Å². The fourth-order valence-electron chi connectivity index (χ4n) is 1.10. The molecular formula is C9H6BF3O. The van der Waals surface area contributed by atoms with Crippen molar-refractivity contribution >= 4 is 19.1 Å². The van der Waals surface area contributed by atoms with Gasteiger partial charge < -0.3 is 0 Å². The molecule has 5 heteroatoms. The van der Waals surface area contributed by atoms with Crippen LogP contribution >= 0.6 is 0 Å². The van der Waals surface area contributed by atoms with Crippen LogP contribution in [0.2, 0.25) is 0 Å². The molecule has 0 amide bonds. The first-order valence-corrected chi connectivity index (χ1v) is 3.80. The molecule has 0 aliphatic rings. The lowest BCUT2D eigenvalue weighted by Crippen LogP contribution is -2.16. The first kappa shape index (κ1) is 10.8. The summed E-state index contributed by atoms with van der Waals surface area (Å²) in [6.45, 7) is 1.08. The molecule has 14 heavy (non-hydrogen) atoms. The number of carbonyl (C=O) groups excluding carboxylic acids is 1. The number of hydrogen-bond donors (Lipinski definition) is 0. The zero-order valence-corrected chi connectivity index (χ0v) is 7.35. The van der Waals surface area contributed by atoms with Crippen molar-refractivity contribution in [3.63, 3.8) is 0 Å². The number of carbonyl (C=O) groups is 1. The highest BCUT2D eigenvalue weighted by Crippen LogP contribution is 2.31. The molecule has 0 heterocycles. The van der Waals surface area contributed by atoms with E-state index in [0.29, 0.717) is 0 Å². The molecule has 0 atom stereocenters. The first-order valence-electron chi connectivity index (χ1n) is 3.80. The molecule has 1 aromatic carbocycles. The van der Waals surface area contributed by atoms with Gasteiger partial charge in [-0.1, -0.05) is 23.7 Å². The van der Waals surface area contributed by atoms with Crippen LogP contribution in [0.1, 0.15) is 22.8 Å². The molecule has 2 radical (unpaired) electrons. The summed E-state index contributed by atoms with van der Waals surface area (Å²) in [5.41, 5.74) is -1.35. The van der Waals surface area contributed by atoms with Crippen molar-refractivity contribution in [1.82, 2.24) is 0 Å². The summed E-state index contributed by atoms with van der Waals surface area (Å²) in [6.07, 6.45) is -4.55. The predicted molar refractivity (Wildman–Crippen MR) is 46.8 cm³/mol. The summed E-state index contributed by atoms with van der Waals surface area (Å²) >= 11 is 0. The van der Waals surface area contributed by atoms with E-state index in [2.05, 4.69) is 0 Å². The van der Waals surface area contributed by atoms with Crippen molar-refractivity contribution in [2.75, 3.05) is 0 Å². The van der Waals surface area contributed by atoms with E-state index in [-0.39, 0.29) is 11.0 Å². The van der Waals surface area contributed by atoms with E-state index in [4.69, 9.17) is 7.85 Å². The van der Waals surface area contributed by atoms with E-state index < -0.39 is 17.5 Å². The monoisotopic (exact) mass is 198 g/mol. The minimum Gasteiger partial charge on any atom is -0.294 e. The van der Waals surface area contributed by atoms with Crippen LogP contribution in [0, 0.1) is 0 Å². The molecule has 72 valence electrons. The maximum atomic E-state index is 12.4. The number of hydrogen-bond acceptors (Lipinski definition) is 1. The lowest BCUT2D eigenvalue weighted by molar-refractivity contribution is -0.137. The van der Waals surface area contributed by atoms with Crippen LogP contribution in [-0.2, 0) is 6.18 Å². The Morgan fingerprint density at radius 3 is 2.36 bits per heavy atom. The number of rotatable bonds is 1. The lowest BCUT2D eigenvalue weighted by atomic mass is 9.91. The summed E-state index contributed by atoms with van der Waals surface area (Å²) < 4.78 is 37.1. The second kappa shape index (κ2) is 3.48. The Hall–Kier alpha value is -1.26. The average Bonchev–Trinajstić information content (AvgIpc) is 2.01. The van der Waals surface area contributed by atoms with Crippen molar-refractivity contribution in [2.24, 2.45) is 0 Å². The van der Waals surface area contributed by atoms with Crippen molar-refractivity contribution < 1.29 is 18.0 Å². The van der Waals surface area contributed by atoms with Gasteiger partial charge in [-0.2, -0.15) is 13.2 Å². The molecule has 0 unspecified atom stereocenters. The third-order valence-electron chi connectivity index (χ3n) is 1.73. The van der Waals surface area contributed by atoms with Crippen molar-refractivity contribution in [3.05, 3.63) is 29.3 Å². The highest BCUT2D eigenvalue weighted by atomic mass is 19.4. The normalized spacial score (nSPS) is 11.4. The van der Waals surface area contributed by atoms with Gasteiger partial charge in [-0.15, -0.1) is 0 Å². The van der Waals surface area contributed by atoms with E-state index in [0.717, 1.165) is 19.1 Å². The van der Waals surface area contributed by atoms with Gasteiger partial charge in [0, 0.05) is 5.56 Å². The maximum Gasteiger partial charge on any atom is 0.417 e. The third-order valence-corrected chi connectivity index (χ3v) is 1.73. The number of ketones is 1. The van der Waals surface area contributed by atoms with Gasteiger partial charge in [0.1, 0.15) is 7.85 Å². The largest absolute Gasteiger partial charge is 0.417 e. The molecule has 1 aromatic rings. The van der Waals surface area contributed by atoms with Gasteiger partial charge in [-0.25, -0.2) is 0 Å². The average molecular weight is 198 g/mol. The van der Waals surface area contributed by atoms with Crippen LogP contribution in [0.4, 0.5) is 13.2 Å². The van der Waals surface area contributed by atoms with Crippen LogP contribution in [-0.4, -0.2) is 13.6 Å². The molecule has 0 aromatic heterocycles. The standard InChI is InChI=1S/C9H6BF3O/c1-5(14)7-3-2-6(10)4-8(7)9(11,12)13/h2-4H,1H3. The SMILES string of the molecule is [B]c1ccc(C(C)=O)c(C(F)(F)F)c1. The van der Waals surface area contributed by atoms with Crippen molar-refractivity contribution in [3.8, 4) is 0 Å². The fourth-order valence-corrected chi connectivity index (χ4v) is 1.10. The van der Waals surface area contributed by atoms with Gasteiger partial charge in [0.15, 0.2) is 5.78 Å². The maximum absolute atomic E-state index is 12.4. The Balaban J connectivity index is 3.38. The minimum absolute atomic E-state index is 0.0117. The Morgan fingerprint density at radius 2 is 1.93 bits per heavy atom. The van der Waals surface area contributed by atoms with Crippen LogP contribution < -0.4 is 5.46 Å². The van der Waals surface area contributed by atoms with Gasteiger partial charge in [0.2, 0.25) is 0 Å². The Bertz CT molecular complexity index is 371. The molecule has 0 aliphatic carbocycles. The Labute approximate surface area is 80.3 Å². The van der Waals surface area contributed by atoms with E-state index >= 15 is 0 Å². The molecule has 0 N–H and O–H groups in total. The van der Waals surface area contributed by atoms with Gasteiger partial charge in [0.05, 0.1) is 5.56 Å². The summed E-state index contributed by atoms with van der Waals surface area (Å²) in [5.74, 6) is -0.627. The second-order valence-corrected chi connectivity index (χ2v) is 2.86. The molecular weight excluding hydrogens is 192 g/mol. The van der Waals surface area contributed by atoms with Gasteiger partial charge in [-0.05, 0) is 6.92 Å². The fraction of sp³-hybridized carbons (Fsp3) is 0.222. The summed E-state index contributed by atoms with van der Waals surface area (Å²) in [7, 11) is 5.21. The molecule has 0 bridgehead atoms. The number of alkyl halides is 3. The lowest BCUT2D eigenvalue weighted by Gasteiger charge is -2.11. The molecule has 0 aliphatic heterocycles. The second-order valence-electron chi connectivity index (χ2n) is 2.86. The molecule has 0 saturated heterocycles. The van der Waals surface area contributed by atoms with Gasteiger partial charge >= 0.3 is 6.18 Å². The van der Waals surface area contributed by atoms with Gasteiger partial charge in [-0.3, -0.25) is 4.79 Å². The van der Waals surface area contributed by atoms with Crippen LogP contribution in [0.5, 0.6) is 0 Å². The van der Waals surface area contributed by atoms with Crippen molar-refractivity contribution in [1.29, 1.82) is 0 Å². The van der Waals surface area contributed by atoms with E-state index in [1.807, 2.05) is 0 Å². The molecule has 1 rings (SSSR count). The highest BCUT2D eigenvalue weighted by molar-refractivity contribution is 6.32. The number of Topliss-reactive ketones (excluding diaryl/α,β-unsaturated/α-hetero) is 1. The summed E-state index contributed by atoms with van der Waals surface area (Å²) in [5, 5.41) is 0. The minimum atomic E-state index is -4.55. The summed E-state index contributed by atoms with van der Waals surface area (Å²) in [6, 6.07) is 3.11. The molecule has 0 fully saturated rings. The number of benzene rings is 1. The first-order chi connectivity index (χ1) is 6.32. The topological polar surface area (TPSA) is 17.1 Å². The highest BCUT2D eigenvalue weighted by Gasteiger charge is 2.34. The quantitative estimate of drug-likeness (QED) is 0.495. The van der Waals surface area contributed by atoms with Crippen molar-refractivity contribution in [2.45, 2.75) is 13.1 Å². The van der Waals surface area contributed by atoms with Crippen LogP contribution in [0.3, 0.4) is 0 Å². The third kappa shape index (κ3) is 2.16. The van der Waals surface area contributed by atoms with Gasteiger partial charge in [0.25, 0.3) is 0 Å². The molecule has 0 saturated carbocycles. The van der Waals surface area contributed by atoms with Crippen LogP contribution in [0.25, 0.3) is 0 Å². The van der Waals surface area contributed by atoms with Crippen LogP contribution in [0.15, 0.2) is 18.2 Å². The van der Waals surface area contributed by atoms with E-state index in [9.17, 15) is 18.0 Å². The Kier molecular flexibility index (Phi) is 2.69. The zero-order chi connectivity index (χ0) is 10.9. The summed E-state index contributed by atoms with van der Waals surface area (Å²) in [4.78, 5) is 10.9. The Morgan fingerprint density at radius 1 is 1.36 bits per heavy atom. The van der Waals surface area contributed by atoms with E-state index in [1.54, 1.807) is 0 Å². The number of halogens is 3. The predicted octanol–water partition coefficient (Wildman–Crippen LogP) is 1.70. The molecule has 0 spiro atoms. The molecule has 1 nitrogen and oxygen atoms in total.